The van der Waals surface area contributed by atoms with Crippen LogP contribution in [0.3, 0.4) is 0 Å². The highest BCUT2D eigenvalue weighted by atomic mass is 35.5. The summed E-state index contributed by atoms with van der Waals surface area (Å²) in [6.45, 7) is 3.59. The van der Waals surface area contributed by atoms with Gasteiger partial charge in [-0.05, 0) is 61.9 Å². The Kier molecular flexibility index (Phi) is 8.71. The van der Waals surface area contributed by atoms with Crippen molar-refractivity contribution in [3.05, 3.63) is 76.2 Å². The molecular formula is C26H30ClFN4O5S. The topological polar surface area (TPSA) is 99.3 Å². The Labute approximate surface area is 226 Å². The van der Waals surface area contributed by atoms with Gasteiger partial charge in [0, 0.05) is 43.9 Å². The minimum Gasteiger partial charge on any atom is -0.463 e. The van der Waals surface area contributed by atoms with Gasteiger partial charge in [0.2, 0.25) is 10.0 Å². The standard InChI is InChI=1S/C26H30ClFN4O5S/c1-3-37-25(33)23-22(30(2)26(34)29-24(23)18-5-9-20(28)10-6-18)17-31-13-4-14-32(16-15-31)38(35,36)21-11-7-19(27)8-12-21/h5-12,24H,3-4,13-17H2,1-2H3,(H,29,34)/t24-/m0/s1. The maximum atomic E-state index is 13.6. The van der Waals surface area contributed by atoms with Crippen LogP contribution in [0.4, 0.5) is 9.18 Å². The first kappa shape index (κ1) is 28.0. The molecule has 2 amide bonds. The number of hydrogen-bond donors (Lipinski definition) is 1. The minimum absolute atomic E-state index is 0.143. The first-order valence-electron chi connectivity index (χ1n) is 12.3. The molecule has 0 aliphatic carbocycles. The molecule has 2 aromatic carbocycles. The summed E-state index contributed by atoms with van der Waals surface area (Å²) in [4.78, 5) is 29.6. The van der Waals surface area contributed by atoms with E-state index >= 15 is 0 Å². The molecule has 4 rings (SSSR count). The van der Waals surface area contributed by atoms with Crippen LogP contribution in [0.15, 0.2) is 64.7 Å². The number of esters is 1. The van der Waals surface area contributed by atoms with Crippen molar-refractivity contribution in [3.8, 4) is 0 Å². The lowest BCUT2D eigenvalue weighted by Gasteiger charge is -2.36. The highest BCUT2D eigenvalue weighted by Gasteiger charge is 2.38. The molecule has 1 atom stereocenters. The van der Waals surface area contributed by atoms with Gasteiger partial charge < -0.3 is 10.1 Å². The molecular weight excluding hydrogens is 535 g/mol. The van der Waals surface area contributed by atoms with E-state index in [9.17, 15) is 22.4 Å². The lowest BCUT2D eigenvalue weighted by molar-refractivity contribution is -0.139. The number of likely N-dealkylation sites (N-methyl/N-ethyl adjacent to an activating group) is 1. The average Bonchev–Trinajstić information content (AvgIpc) is 3.13. The van der Waals surface area contributed by atoms with E-state index in [2.05, 4.69) is 5.32 Å². The number of amides is 2. The number of carbonyl (C=O) groups excluding carboxylic acids is 2. The van der Waals surface area contributed by atoms with Crippen molar-refractivity contribution in [2.24, 2.45) is 0 Å². The second kappa shape index (κ2) is 11.8. The third kappa shape index (κ3) is 6.01. The number of ether oxygens (including phenoxy) is 1. The number of sulfonamides is 1. The summed E-state index contributed by atoms with van der Waals surface area (Å²) in [6.07, 6.45) is 0.562. The van der Waals surface area contributed by atoms with Crippen molar-refractivity contribution in [1.82, 2.24) is 19.4 Å². The van der Waals surface area contributed by atoms with Gasteiger partial charge in [-0.15, -0.1) is 0 Å². The van der Waals surface area contributed by atoms with Gasteiger partial charge in [0.05, 0.1) is 23.1 Å². The van der Waals surface area contributed by atoms with Gasteiger partial charge in [-0.25, -0.2) is 22.4 Å². The fourth-order valence-electron chi connectivity index (χ4n) is 4.62. The molecule has 0 bridgehead atoms. The first-order chi connectivity index (χ1) is 18.1. The van der Waals surface area contributed by atoms with Crippen LogP contribution in [-0.2, 0) is 19.6 Å². The highest BCUT2D eigenvalue weighted by Crippen LogP contribution is 2.32. The van der Waals surface area contributed by atoms with E-state index in [4.69, 9.17) is 16.3 Å². The number of hydrogen-bond acceptors (Lipinski definition) is 6. The fourth-order valence-corrected chi connectivity index (χ4v) is 6.21. The maximum Gasteiger partial charge on any atom is 0.338 e. The van der Waals surface area contributed by atoms with E-state index in [0.717, 1.165) is 0 Å². The van der Waals surface area contributed by atoms with E-state index in [0.29, 0.717) is 42.3 Å². The number of rotatable bonds is 7. The Bertz CT molecular complexity index is 1320. The fraction of sp³-hybridized carbons (Fsp3) is 0.385. The Hall–Kier alpha value is -2.99. The largest absolute Gasteiger partial charge is 0.463 e. The van der Waals surface area contributed by atoms with Crippen molar-refractivity contribution in [2.75, 3.05) is 46.4 Å². The molecule has 0 spiro atoms. The lowest BCUT2D eigenvalue weighted by Crippen LogP contribution is -2.49. The van der Waals surface area contributed by atoms with Crippen LogP contribution in [0.2, 0.25) is 5.02 Å². The van der Waals surface area contributed by atoms with E-state index in [1.165, 1.54) is 45.6 Å². The number of benzene rings is 2. The summed E-state index contributed by atoms with van der Waals surface area (Å²) in [5.74, 6) is -1.01. The van der Waals surface area contributed by atoms with Gasteiger partial charge in [0.1, 0.15) is 5.82 Å². The van der Waals surface area contributed by atoms with Gasteiger partial charge in [0.15, 0.2) is 0 Å². The van der Waals surface area contributed by atoms with Crippen molar-refractivity contribution < 1.29 is 27.1 Å². The predicted molar refractivity (Wildman–Crippen MR) is 140 cm³/mol. The van der Waals surface area contributed by atoms with Gasteiger partial charge in [-0.2, -0.15) is 4.31 Å². The van der Waals surface area contributed by atoms with Gasteiger partial charge in [-0.3, -0.25) is 9.80 Å². The van der Waals surface area contributed by atoms with Crippen LogP contribution in [-0.4, -0.2) is 80.9 Å². The molecule has 2 aromatic rings. The number of halogens is 2. The molecule has 2 aliphatic rings. The maximum absolute atomic E-state index is 13.6. The Morgan fingerprint density at radius 2 is 1.76 bits per heavy atom. The number of nitrogens with one attached hydrogen (secondary N) is 1. The zero-order valence-corrected chi connectivity index (χ0v) is 22.8. The van der Waals surface area contributed by atoms with Crippen LogP contribution < -0.4 is 5.32 Å². The second-order valence-electron chi connectivity index (χ2n) is 9.06. The van der Waals surface area contributed by atoms with E-state index < -0.39 is 33.9 Å². The number of urea groups is 1. The zero-order valence-electron chi connectivity index (χ0n) is 21.2. The van der Waals surface area contributed by atoms with Crippen molar-refractivity contribution >= 4 is 33.6 Å². The van der Waals surface area contributed by atoms with Crippen molar-refractivity contribution in [3.63, 3.8) is 0 Å². The molecule has 0 saturated carbocycles. The van der Waals surface area contributed by atoms with Crippen LogP contribution in [0.25, 0.3) is 0 Å². The molecule has 9 nitrogen and oxygen atoms in total. The molecule has 2 heterocycles. The predicted octanol–water partition coefficient (Wildman–Crippen LogP) is 3.39. The Balaban J connectivity index is 1.61. The number of nitrogens with zero attached hydrogens (tertiary/aromatic N) is 3. The summed E-state index contributed by atoms with van der Waals surface area (Å²) in [6, 6.07) is 10.4. The monoisotopic (exact) mass is 564 g/mol. The summed E-state index contributed by atoms with van der Waals surface area (Å²) >= 11 is 5.92. The highest BCUT2D eigenvalue weighted by molar-refractivity contribution is 7.89. The van der Waals surface area contributed by atoms with Gasteiger partial charge in [0.25, 0.3) is 0 Å². The lowest BCUT2D eigenvalue weighted by atomic mass is 9.94. The van der Waals surface area contributed by atoms with Crippen LogP contribution in [0.1, 0.15) is 24.9 Å². The third-order valence-electron chi connectivity index (χ3n) is 6.65. The molecule has 2 aliphatic heterocycles. The summed E-state index contributed by atoms with van der Waals surface area (Å²) in [7, 11) is -2.13. The normalized spacial score (nSPS) is 19.7. The molecule has 12 heteroatoms. The average molecular weight is 565 g/mol. The Morgan fingerprint density at radius 1 is 1.08 bits per heavy atom. The molecule has 1 fully saturated rings. The Morgan fingerprint density at radius 3 is 2.42 bits per heavy atom. The van der Waals surface area contributed by atoms with Gasteiger partial charge in [-0.1, -0.05) is 23.7 Å². The molecule has 1 N–H and O–H groups in total. The van der Waals surface area contributed by atoms with Crippen LogP contribution >= 0.6 is 11.6 Å². The first-order valence-corrected chi connectivity index (χ1v) is 14.1. The minimum atomic E-state index is -3.70. The van der Waals surface area contributed by atoms with Crippen molar-refractivity contribution in [2.45, 2.75) is 24.3 Å². The van der Waals surface area contributed by atoms with Crippen LogP contribution in [0, 0.1) is 5.82 Å². The van der Waals surface area contributed by atoms with E-state index in [-0.39, 0.29) is 30.2 Å². The molecule has 1 saturated heterocycles. The SMILES string of the molecule is CCOC(=O)C1=C(CN2CCCN(S(=O)(=O)c3ccc(Cl)cc3)CC2)N(C)C(=O)N[C@H]1c1ccc(F)cc1. The molecule has 0 radical (unpaired) electrons. The smallest absolute Gasteiger partial charge is 0.338 e. The summed E-state index contributed by atoms with van der Waals surface area (Å²) in [5, 5.41) is 3.27. The molecule has 38 heavy (non-hydrogen) atoms. The van der Waals surface area contributed by atoms with E-state index in [1.807, 2.05) is 4.90 Å². The molecule has 0 aromatic heterocycles. The zero-order chi connectivity index (χ0) is 27.4. The summed E-state index contributed by atoms with van der Waals surface area (Å²) in [5.41, 5.74) is 1.26. The van der Waals surface area contributed by atoms with Crippen LogP contribution in [0.5, 0.6) is 0 Å². The molecule has 0 unspecified atom stereocenters. The van der Waals surface area contributed by atoms with Gasteiger partial charge >= 0.3 is 12.0 Å². The van der Waals surface area contributed by atoms with Crippen molar-refractivity contribution in [1.29, 1.82) is 0 Å². The third-order valence-corrected chi connectivity index (χ3v) is 8.81. The quantitative estimate of drug-likeness (QED) is 0.518. The molecule has 204 valence electrons. The van der Waals surface area contributed by atoms with E-state index in [1.54, 1.807) is 26.1 Å². The second-order valence-corrected chi connectivity index (χ2v) is 11.4. The summed E-state index contributed by atoms with van der Waals surface area (Å²) < 4.78 is 46.7. The number of carbonyl (C=O) groups is 2.